The molecule has 1 aliphatic heterocycles. The van der Waals surface area contributed by atoms with E-state index < -0.39 is 11.7 Å². The third-order valence-corrected chi connectivity index (χ3v) is 7.87. The van der Waals surface area contributed by atoms with Crippen molar-refractivity contribution < 1.29 is 27.5 Å². The fraction of sp³-hybridized carbons (Fsp3) is 0.344. The van der Waals surface area contributed by atoms with E-state index in [1.165, 1.54) is 12.1 Å². The Labute approximate surface area is 242 Å². The molecule has 2 amide bonds. The summed E-state index contributed by atoms with van der Waals surface area (Å²) in [5.74, 6) is 0.178. The number of benzene rings is 3. The Morgan fingerprint density at radius 1 is 0.976 bits per heavy atom. The summed E-state index contributed by atoms with van der Waals surface area (Å²) in [5.41, 5.74) is 3.62. The fourth-order valence-electron chi connectivity index (χ4n) is 5.40. The first kappa shape index (κ1) is 29.3. The molecular formula is C32H33F3N4O3. The summed E-state index contributed by atoms with van der Waals surface area (Å²) in [4.78, 5) is 27.5. The molecule has 0 radical (unpaired) electrons. The van der Waals surface area contributed by atoms with E-state index in [1.807, 2.05) is 28.8 Å². The normalized spacial score (nSPS) is 14.4. The molecular weight excluding hydrogens is 545 g/mol. The van der Waals surface area contributed by atoms with E-state index in [1.54, 1.807) is 37.4 Å². The van der Waals surface area contributed by atoms with E-state index in [-0.39, 0.29) is 11.8 Å². The Bertz CT molecular complexity index is 1560. The summed E-state index contributed by atoms with van der Waals surface area (Å²) in [6, 6.07) is 15.7. The molecule has 7 nitrogen and oxygen atoms in total. The first-order chi connectivity index (χ1) is 20.1. The van der Waals surface area contributed by atoms with Crippen LogP contribution in [0.2, 0.25) is 0 Å². The van der Waals surface area contributed by atoms with Crippen LogP contribution in [-0.2, 0) is 17.5 Å². The van der Waals surface area contributed by atoms with Crippen LogP contribution in [0.15, 0.2) is 66.9 Å². The van der Waals surface area contributed by atoms with Gasteiger partial charge in [-0.15, -0.1) is 0 Å². The van der Waals surface area contributed by atoms with Gasteiger partial charge < -0.3 is 15.0 Å². The van der Waals surface area contributed by atoms with Crippen LogP contribution in [0.25, 0.3) is 22.0 Å². The van der Waals surface area contributed by atoms with Crippen molar-refractivity contribution in [3.63, 3.8) is 0 Å². The number of alkyl halides is 3. The van der Waals surface area contributed by atoms with Gasteiger partial charge in [-0.2, -0.15) is 18.3 Å². The van der Waals surface area contributed by atoms with Gasteiger partial charge in [0.2, 0.25) is 0 Å². The van der Waals surface area contributed by atoms with Gasteiger partial charge in [-0.1, -0.05) is 24.3 Å². The Kier molecular flexibility index (Phi) is 8.63. The third kappa shape index (κ3) is 6.49. The topological polar surface area (TPSA) is 76.5 Å². The summed E-state index contributed by atoms with van der Waals surface area (Å²) in [6.45, 7) is 4.83. The molecule has 2 heterocycles. The monoisotopic (exact) mass is 578 g/mol. The molecule has 0 bridgehead atoms. The van der Waals surface area contributed by atoms with Gasteiger partial charge in [0, 0.05) is 56.0 Å². The lowest BCUT2D eigenvalue weighted by Crippen LogP contribution is -2.39. The number of amides is 2. The maximum absolute atomic E-state index is 13.1. The first-order valence-corrected chi connectivity index (χ1v) is 13.9. The number of fused-ring (bicyclic) bond motifs is 1. The number of rotatable bonds is 8. The standard InChI is InChI=1S/C32H33F3N4O3/c1-21-27(30(40)36-15-18-42-2)11-12-29-28(21)20-39(37-29)19-22-13-16-38(17-14-22)31(41)25-5-3-23(4-6-25)24-7-9-26(10-8-24)32(33,34)35/h3-12,20,22H,13-19H2,1-2H3,(H,36,40). The summed E-state index contributed by atoms with van der Waals surface area (Å²) in [7, 11) is 1.59. The van der Waals surface area contributed by atoms with Crippen LogP contribution >= 0.6 is 0 Å². The van der Waals surface area contributed by atoms with E-state index in [0.29, 0.717) is 48.8 Å². The number of nitrogens with one attached hydrogen (secondary N) is 1. The number of aromatic nitrogens is 2. The molecule has 4 aromatic rings. The van der Waals surface area contributed by atoms with Gasteiger partial charge >= 0.3 is 6.18 Å². The number of carbonyl (C=O) groups excluding carboxylic acids is 2. The minimum atomic E-state index is -4.37. The number of likely N-dealkylation sites (tertiary alicyclic amines) is 1. The van der Waals surface area contributed by atoms with Gasteiger partial charge in [-0.25, -0.2) is 0 Å². The molecule has 1 fully saturated rings. The number of aryl methyl sites for hydroxylation is 1. The molecule has 42 heavy (non-hydrogen) atoms. The Morgan fingerprint density at radius 3 is 2.24 bits per heavy atom. The molecule has 3 aromatic carbocycles. The Balaban J connectivity index is 1.16. The number of carbonyl (C=O) groups is 2. The van der Waals surface area contributed by atoms with Gasteiger partial charge in [-0.3, -0.25) is 14.3 Å². The zero-order chi connectivity index (χ0) is 29.9. The second kappa shape index (κ2) is 12.4. The second-order valence-electron chi connectivity index (χ2n) is 10.7. The highest BCUT2D eigenvalue weighted by molar-refractivity contribution is 6.00. The molecule has 0 unspecified atom stereocenters. The minimum absolute atomic E-state index is 0.0517. The molecule has 0 spiro atoms. The van der Waals surface area contributed by atoms with Crippen molar-refractivity contribution in [3.05, 3.63) is 89.1 Å². The number of piperidine rings is 1. The molecule has 1 N–H and O–H groups in total. The maximum atomic E-state index is 13.1. The predicted octanol–water partition coefficient (Wildman–Crippen LogP) is 5.96. The van der Waals surface area contributed by atoms with E-state index in [2.05, 4.69) is 5.32 Å². The summed E-state index contributed by atoms with van der Waals surface area (Å²) >= 11 is 0. The van der Waals surface area contributed by atoms with Crippen LogP contribution in [0.3, 0.4) is 0 Å². The van der Waals surface area contributed by atoms with Crippen molar-refractivity contribution in [1.82, 2.24) is 20.0 Å². The van der Waals surface area contributed by atoms with Gasteiger partial charge in [0.15, 0.2) is 0 Å². The molecule has 1 saturated heterocycles. The van der Waals surface area contributed by atoms with Crippen LogP contribution in [-0.4, -0.2) is 59.8 Å². The number of ether oxygens (including phenoxy) is 1. The van der Waals surface area contributed by atoms with E-state index >= 15 is 0 Å². The number of halogens is 3. The zero-order valence-electron chi connectivity index (χ0n) is 23.6. The van der Waals surface area contributed by atoms with Crippen molar-refractivity contribution in [3.8, 4) is 11.1 Å². The van der Waals surface area contributed by atoms with E-state index in [4.69, 9.17) is 9.84 Å². The van der Waals surface area contributed by atoms with Crippen LogP contribution in [0.4, 0.5) is 13.2 Å². The lowest BCUT2D eigenvalue weighted by molar-refractivity contribution is -0.137. The number of hydrogen-bond acceptors (Lipinski definition) is 4. The van der Waals surface area contributed by atoms with Crippen molar-refractivity contribution >= 4 is 22.7 Å². The van der Waals surface area contributed by atoms with Crippen LogP contribution < -0.4 is 5.32 Å². The highest BCUT2D eigenvalue weighted by Gasteiger charge is 2.30. The molecule has 1 aliphatic rings. The van der Waals surface area contributed by atoms with Crippen LogP contribution in [0, 0.1) is 12.8 Å². The highest BCUT2D eigenvalue weighted by atomic mass is 19.4. The van der Waals surface area contributed by atoms with Gasteiger partial charge in [0.25, 0.3) is 11.8 Å². The minimum Gasteiger partial charge on any atom is -0.383 e. The lowest BCUT2D eigenvalue weighted by atomic mass is 9.96. The van der Waals surface area contributed by atoms with Crippen LogP contribution in [0.5, 0.6) is 0 Å². The number of methoxy groups -OCH3 is 1. The molecule has 1 aromatic heterocycles. The van der Waals surface area contributed by atoms with Gasteiger partial charge in [-0.05, 0) is 78.8 Å². The second-order valence-corrected chi connectivity index (χ2v) is 10.7. The third-order valence-electron chi connectivity index (χ3n) is 7.87. The largest absolute Gasteiger partial charge is 0.416 e. The SMILES string of the molecule is COCCNC(=O)c1ccc2nn(CC3CCN(C(=O)c4ccc(-c5ccc(C(F)(F)F)cc5)cc4)CC3)cc2c1C. The summed E-state index contributed by atoms with van der Waals surface area (Å²) < 4.78 is 45.5. The van der Waals surface area contributed by atoms with Crippen molar-refractivity contribution in [2.75, 3.05) is 33.4 Å². The number of nitrogens with zero attached hydrogens (tertiary/aromatic N) is 3. The molecule has 0 aliphatic carbocycles. The molecule has 0 atom stereocenters. The van der Waals surface area contributed by atoms with Crippen molar-refractivity contribution in [1.29, 1.82) is 0 Å². The quantitative estimate of drug-likeness (QED) is 0.262. The predicted molar refractivity (Wildman–Crippen MR) is 154 cm³/mol. The zero-order valence-corrected chi connectivity index (χ0v) is 23.6. The maximum Gasteiger partial charge on any atom is 0.416 e. The average molecular weight is 579 g/mol. The molecule has 5 rings (SSSR count). The first-order valence-electron chi connectivity index (χ1n) is 13.9. The molecule has 10 heteroatoms. The fourth-order valence-corrected chi connectivity index (χ4v) is 5.40. The van der Waals surface area contributed by atoms with Gasteiger partial charge in [0.1, 0.15) is 0 Å². The summed E-state index contributed by atoms with van der Waals surface area (Å²) in [5, 5.41) is 8.53. The van der Waals surface area contributed by atoms with Gasteiger partial charge in [0.05, 0.1) is 17.7 Å². The summed E-state index contributed by atoms with van der Waals surface area (Å²) in [6.07, 6.45) is -0.691. The molecule has 220 valence electrons. The molecule has 0 saturated carbocycles. The smallest absolute Gasteiger partial charge is 0.383 e. The van der Waals surface area contributed by atoms with Crippen molar-refractivity contribution in [2.24, 2.45) is 5.92 Å². The Hall–Kier alpha value is -4.18. The average Bonchev–Trinajstić information content (AvgIpc) is 3.40. The number of hydrogen-bond donors (Lipinski definition) is 1. The van der Waals surface area contributed by atoms with E-state index in [9.17, 15) is 22.8 Å². The van der Waals surface area contributed by atoms with Crippen LogP contribution in [0.1, 0.15) is 44.7 Å². The lowest BCUT2D eigenvalue weighted by Gasteiger charge is -2.32. The highest BCUT2D eigenvalue weighted by Crippen LogP contribution is 2.31. The Morgan fingerprint density at radius 2 is 1.62 bits per heavy atom. The van der Waals surface area contributed by atoms with E-state index in [0.717, 1.165) is 53.5 Å². The van der Waals surface area contributed by atoms with Crippen molar-refractivity contribution in [2.45, 2.75) is 32.5 Å².